The van der Waals surface area contributed by atoms with Crippen molar-refractivity contribution in [3.63, 3.8) is 0 Å². The van der Waals surface area contributed by atoms with Crippen molar-refractivity contribution >= 4 is 34.1 Å². The van der Waals surface area contributed by atoms with Crippen LogP contribution in [0.1, 0.15) is 63.7 Å². The van der Waals surface area contributed by atoms with Crippen LogP contribution in [0.25, 0.3) is 0 Å². The van der Waals surface area contributed by atoms with Gasteiger partial charge in [-0.2, -0.15) is 8.42 Å². The van der Waals surface area contributed by atoms with Gasteiger partial charge >= 0.3 is 18.1 Å². The van der Waals surface area contributed by atoms with Crippen LogP contribution in [0.5, 0.6) is 5.75 Å². The highest BCUT2D eigenvalue weighted by Gasteiger charge is 2.50. The molecule has 0 spiro atoms. The Morgan fingerprint density at radius 3 is 2.31 bits per heavy atom. The van der Waals surface area contributed by atoms with E-state index in [1.54, 1.807) is 19.1 Å². The summed E-state index contributed by atoms with van der Waals surface area (Å²) in [5.41, 5.74) is -3.82. The molecular formula is C25H37NO12S. The summed E-state index contributed by atoms with van der Waals surface area (Å²) < 4.78 is 44.2. The van der Waals surface area contributed by atoms with Crippen LogP contribution in [-0.4, -0.2) is 80.4 Å². The summed E-state index contributed by atoms with van der Waals surface area (Å²) in [7, 11) is -4.03. The van der Waals surface area contributed by atoms with Crippen LogP contribution in [0.15, 0.2) is 24.3 Å². The summed E-state index contributed by atoms with van der Waals surface area (Å²) in [6.07, 6.45) is -1.02. The minimum atomic E-state index is -4.03. The molecule has 1 atom stereocenters. The molecule has 0 unspecified atom stereocenters. The fourth-order valence-electron chi connectivity index (χ4n) is 3.35. The summed E-state index contributed by atoms with van der Waals surface area (Å²) in [5.74, 6) is -2.98. The number of aliphatic carboxylic acids is 1. The van der Waals surface area contributed by atoms with Crippen molar-refractivity contribution in [1.82, 2.24) is 5.32 Å². The monoisotopic (exact) mass is 575 g/mol. The molecule has 13 nitrogen and oxygen atoms in total. The first-order chi connectivity index (χ1) is 18.1. The number of carboxylic acids is 1. The highest BCUT2D eigenvalue weighted by molar-refractivity contribution is 7.86. The second-order valence-corrected chi connectivity index (χ2v) is 11.0. The number of rotatable bonds is 17. The molecule has 0 saturated heterocycles. The van der Waals surface area contributed by atoms with Gasteiger partial charge in [0.05, 0.1) is 25.6 Å². The van der Waals surface area contributed by atoms with Gasteiger partial charge < -0.3 is 29.7 Å². The summed E-state index contributed by atoms with van der Waals surface area (Å²) >= 11 is 0. The maximum absolute atomic E-state index is 12.2. The van der Waals surface area contributed by atoms with E-state index in [0.29, 0.717) is 0 Å². The number of carbonyl (C=O) groups is 4. The molecule has 0 aliphatic rings. The van der Waals surface area contributed by atoms with E-state index in [4.69, 9.17) is 18.4 Å². The lowest BCUT2D eigenvalue weighted by molar-refractivity contribution is -0.177. The molecule has 1 rings (SSSR count). The largest absolute Gasteiger partial charge is 0.513 e. The number of para-hydroxylation sites is 1. The quantitative estimate of drug-likeness (QED) is 0.106. The maximum Gasteiger partial charge on any atom is 0.513 e. The molecule has 0 radical (unpaired) electrons. The fourth-order valence-corrected chi connectivity index (χ4v) is 4.44. The first kappa shape index (κ1) is 33.8. The van der Waals surface area contributed by atoms with Crippen molar-refractivity contribution in [2.45, 2.75) is 59.0 Å². The van der Waals surface area contributed by atoms with Gasteiger partial charge in [-0.25, -0.2) is 14.4 Å². The number of hydrogen-bond acceptors (Lipinski definition) is 11. The second kappa shape index (κ2) is 15.4. The van der Waals surface area contributed by atoms with Crippen molar-refractivity contribution in [3.8, 4) is 5.75 Å². The van der Waals surface area contributed by atoms with Crippen molar-refractivity contribution in [1.29, 1.82) is 0 Å². The van der Waals surface area contributed by atoms with Gasteiger partial charge in [-0.15, -0.1) is 0 Å². The molecule has 39 heavy (non-hydrogen) atoms. The van der Waals surface area contributed by atoms with Crippen LogP contribution in [0.2, 0.25) is 0 Å². The third kappa shape index (κ3) is 11.2. The minimum Gasteiger partial charge on any atom is -0.479 e. The molecule has 0 aliphatic carbocycles. The van der Waals surface area contributed by atoms with Crippen LogP contribution < -0.4 is 10.1 Å². The van der Waals surface area contributed by atoms with Crippen LogP contribution in [0.3, 0.4) is 0 Å². The van der Waals surface area contributed by atoms with E-state index in [0.717, 1.165) is 0 Å². The molecule has 220 valence electrons. The number of ether oxygens (including phenoxy) is 3. The van der Waals surface area contributed by atoms with E-state index >= 15 is 0 Å². The van der Waals surface area contributed by atoms with Crippen molar-refractivity contribution in [2.24, 2.45) is 5.41 Å². The molecule has 1 aromatic rings. The van der Waals surface area contributed by atoms with Crippen molar-refractivity contribution < 1.29 is 56.2 Å². The normalized spacial score (nSPS) is 13.2. The lowest BCUT2D eigenvalue weighted by Crippen LogP contribution is -2.53. The van der Waals surface area contributed by atoms with Crippen LogP contribution in [0.4, 0.5) is 4.79 Å². The lowest BCUT2D eigenvalue weighted by atomic mass is 9.72. The maximum atomic E-state index is 12.2. The fraction of sp³-hybridized carbons (Fsp3) is 0.600. The molecule has 1 amide bonds. The third-order valence-corrected chi connectivity index (χ3v) is 7.01. The summed E-state index contributed by atoms with van der Waals surface area (Å²) in [6, 6.07) is 5.95. The number of hydrogen-bond donors (Lipinski definition) is 3. The molecule has 3 N–H and O–H groups in total. The first-order valence-electron chi connectivity index (χ1n) is 12.3. The Bertz CT molecular complexity index is 1100. The molecule has 0 aliphatic heterocycles. The zero-order valence-corrected chi connectivity index (χ0v) is 23.4. The van der Waals surface area contributed by atoms with E-state index in [9.17, 15) is 37.8 Å². The number of unbranched alkanes of at least 4 members (excludes halogenated alkanes) is 1. The number of aliphatic hydroxyl groups is 1. The SMILES string of the molecule is CCOC(=O)c1ccccc1OC(=O)OCCCC[C@](O)(C(=O)O)C(C)(C)COS(=O)(=O)CCCNC(C)=O. The second-order valence-electron chi connectivity index (χ2n) is 9.28. The van der Waals surface area contributed by atoms with E-state index in [2.05, 4.69) is 5.32 Å². The average molecular weight is 576 g/mol. The highest BCUT2D eigenvalue weighted by Crippen LogP contribution is 2.36. The van der Waals surface area contributed by atoms with Gasteiger partial charge in [0.1, 0.15) is 11.3 Å². The topological polar surface area (TPSA) is 192 Å². The Kier molecular flexibility index (Phi) is 13.3. The number of esters is 1. The molecule has 0 aromatic heterocycles. The molecule has 1 aromatic carbocycles. The van der Waals surface area contributed by atoms with E-state index < -0.39 is 51.6 Å². The van der Waals surface area contributed by atoms with Crippen LogP contribution in [0, 0.1) is 5.41 Å². The van der Waals surface area contributed by atoms with Crippen molar-refractivity contribution in [3.05, 3.63) is 29.8 Å². The van der Waals surface area contributed by atoms with Gasteiger partial charge in [0.15, 0.2) is 5.60 Å². The average Bonchev–Trinajstić information content (AvgIpc) is 2.85. The third-order valence-electron chi connectivity index (χ3n) is 5.75. The first-order valence-corrected chi connectivity index (χ1v) is 13.9. The van der Waals surface area contributed by atoms with Crippen molar-refractivity contribution in [2.75, 3.05) is 32.1 Å². The number of benzene rings is 1. The van der Waals surface area contributed by atoms with E-state index in [-0.39, 0.29) is 62.7 Å². The van der Waals surface area contributed by atoms with Gasteiger partial charge in [-0.3, -0.25) is 8.98 Å². The Morgan fingerprint density at radius 2 is 1.69 bits per heavy atom. The number of amides is 1. The summed E-state index contributed by atoms with van der Waals surface area (Å²) in [6.45, 7) is 5.16. The standard InChI is InChI=1S/C25H37NO12S/c1-5-35-21(28)19-11-6-7-12-20(19)38-23(31)36-15-9-8-13-25(32,22(29)30)24(3,4)17-37-39(33,34)16-10-14-26-18(2)27/h6-7,11-12,32H,5,8-10,13-17H2,1-4H3,(H,26,27)(H,29,30)/t25-/m0/s1. The minimum absolute atomic E-state index is 0.0435. The highest BCUT2D eigenvalue weighted by atomic mass is 32.2. The van der Waals surface area contributed by atoms with Crippen LogP contribution >= 0.6 is 0 Å². The lowest BCUT2D eigenvalue weighted by Gasteiger charge is -2.38. The Balaban J connectivity index is 2.60. The van der Waals surface area contributed by atoms with Gasteiger partial charge in [0.25, 0.3) is 10.1 Å². The van der Waals surface area contributed by atoms with Gasteiger partial charge in [0.2, 0.25) is 5.91 Å². The van der Waals surface area contributed by atoms with Crippen LogP contribution in [-0.2, 0) is 33.4 Å². The zero-order valence-electron chi connectivity index (χ0n) is 22.6. The summed E-state index contributed by atoms with van der Waals surface area (Å²) in [4.78, 5) is 46.8. The van der Waals surface area contributed by atoms with Gasteiger partial charge in [0, 0.05) is 18.9 Å². The van der Waals surface area contributed by atoms with Gasteiger partial charge in [-0.1, -0.05) is 26.0 Å². The zero-order chi connectivity index (χ0) is 29.7. The predicted octanol–water partition coefficient (Wildman–Crippen LogP) is 2.26. The molecular weight excluding hydrogens is 538 g/mol. The molecule has 0 heterocycles. The number of carboxylic acid groups (broad SMARTS) is 1. The van der Waals surface area contributed by atoms with Gasteiger partial charge in [-0.05, 0) is 44.7 Å². The molecule has 0 fully saturated rings. The van der Waals surface area contributed by atoms with E-state index in [1.165, 1.54) is 32.9 Å². The smallest absolute Gasteiger partial charge is 0.479 e. The molecule has 0 saturated carbocycles. The number of carbonyl (C=O) groups excluding carboxylic acids is 3. The van der Waals surface area contributed by atoms with E-state index in [1.807, 2.05) is 0 Å². The predicted molar refractivity (Wildman–Crippen MR) is 138 cm³/mol. The Labute approximate surface area is 227 Å². The summed E-state index contributed by atoms with van der Waals surface area (Å²) in [5, 5.41) is 23.1. The Hall–Kier alpha value is -3.23. The molecule has 0 bridgehead atoms. The number of nitrogens with one attached hydrogen (secondary N) is 1. The Morgan fingerprint density at radius 1 is 1.03 bits per heavy atom. The molecule has 14 heteroatoms.